The number of hydrogen-bond donors (Lipinski definition) is 2. The first-order chi connectivity index (χ1) is 10.4. The summed E-state index contributed by atoms with van der Waals surface area (Å²) in [7, 11) is 0. The Morgan fingerprint density at radius 3 is 3.05 bits per heavy atom. The Bertz CT molecular complexity index is 748. The molecule has 1 unspecified atom stereocenters. The molecule has 0 bridgehead atoms. The van der Waals surface area contributed by atoms with Crippen molar-refractivity contribution < 1.29 is 0 Å². The summed E-state index contributed by atoms with van der Waals surface area (Å²) in [6.07, 6.45) is 5.27. The van der Waals surface area contributed by atoms with Gasteiger partial charge in [0, 0.05) is 35.4 Å². The van der Waals surface area contributed by atoms with E-state index in [0.717, 1.165) is 12.2 Å². The number of benzene rings is 1. The fourth-order valence-electron chi connectivity index (χ4n) is 3.27. The Morgan fingerprint density at radius 2 is 2.14 bits per heavy atom. The van der Waals surface area contributed by atoms with Crippen LogP contribution in [0.3, 0.4) is 0 Å². The van der Waals surface area contributed by atoms with Crippen molar-refractivity contribution in [2.75, 3.05) is 0 Å². The molecule has 0 saturated carbocycles. The van der Waals surface area contributed by atoms with Crippen LogP contribution in [0.1, 0.15) is 35.8 Å². The Kier molecular flexibility index (Phi) is 3.16. The highest BCUT2D eigenvalue weighted by atomic mass is 15.1. The van der Waals surface area contributed by atoms with Crippen LogP contribution in [0.2, 0.25) is 0 Å². The van der Waals surface area contributed by atoms with E-state index in [2.05, 4.69) is 44.8 Å². The predicted octanol–water partition coefficient (Wildman–Crippen LogP) is 3.13. The highest BCUT2D eigenvalue weighted by Gasteiger charge is 2.23. The van der Waals surface area contributed by atoms with Crippen LogP contribution in [0, 0.1) is 0 Å². The summed E-state index contributed by atoms with van der Waals surface area (Å²) in [6, 6.07) is 12.9. The molecule has 4 nitrogen and oxygen atoms in total. The van der Waals surface area contributed by atoms with Crippen LogP contribution in [-0.2, 0) is 13.0 Å². The molecule has 4 rings (SSSR count). The second-order valence-electron chi connectivity index (χ2n) is 5.60. The zero-order chi connectivity index (χ0) is 14.1. The van der Waals surface area contributed by atoms with Crippen molar-refractivity contribution in [2.45, 2.75) is 31.8 Å². The lowest BCUT2D eigenvalue weighted by Gasteiger charge is -2.23. The van der Waals surface area contributed by atoms with E-state index in [-0.39, 0.29) is 0 Å². The quantitative estimate of drug-likeness (QED) is 0.774. The minimum atomic E-state index is 0.378. The van der Waals surface area contributed by atoms with E-state index in [4.69, 9.17) is 0 Å². The smallest absolute Gasteiger partial charge is 0.0769 e. The zero-order valence-electron chi connectivity index (χ0n) is 11.8. The van der Waals surface area contributed by atoms with Gasteiger partial charge in [-0.25, -0.2) is 0 Å². The molecule has 0 fully saturated rings. The van der Waals surface area contributed by atoms with Gasteiger partial charge in [0.05, 0.1) is 5.69 Å². The lowest BCUT2D eigenvalue weighted by Crippen LogP contribution is -2.25. The summed E-state index contributed by atoms with van der Waals surface area (Å²) in [5.74, 6) is 0. The molecule has 0 saturated heterocycles. The molecule has 1 atom stereocenters. The number of hydrogen-bond acceptors (Lipinski definition) is 3. The molecular weight excluding hydrogens is 260 g/mol. The fourth-order valence-corrected chi connectivity index (χ4v) is 3.27. The zero-order valence-corrected chi connectivity index (χ0v) is 11.8. The molecule has 1 aliphatic carbocycles. The molecule has 0 spiro atoms. The number of para-hydroxylation sites is 1. The van der Waals surface area contributed by atoms with Gasteiger partial charge >= 0.3 is 0 Å². The van der Waals surface area contributed by atoms with Crippen molar-refractivity contribution in [1.82, 2.24) is 20.5 Å². The van der Waals surface area contributed by atoms with Crippen LogP contribution < -0.4 is 5.32 Å². The summed E-state index contributed by atoms with van der Waals surface area (Å²) in [6.45, 7) is 0.757. The number of nitrogens with one attached hydrogen (secondary N) is 2. The first kappa shape index (κ1) is 12.5. The predicted molar refractivity (Wildman–Crippen MR) is 82.8 cm³/mol. The second-order valence-corrected chi connectivity index (χ2v) is 5.60. The molecule has 1 aliphatic rings. The molecule has 1 aromatic carbocycles. The van der Waals surface area contributed by atoms with E-state index < -0.39 is 0 Å². The van der Waals surface area contributed by atoms with Crippen LogP contribution in [0.15, 0.2) is 42.6 Å². The molecule has 106 valence electrons. The third-order valence-corrected chi connectivity index (χ3v) is 4.27. The molecule has 4 heteroatoms. The molecule has 3 aromatic rings. The van der Waals surface area contributed by atoms with Gasteiger partial charge in [0.25, 0.3) is 0 Å². The Balaban J connectivity index is 1.61. The first-order valence-corrected chi connectivity index (χ1v) is 7.51. The normalized spacial score (nSPS) is 17.8. The summed E-state index contributed by atoms with van der Waals surface area (Å²) in [4.78, 5) is 3.60. The van der Waals surface area contributed by atoms with Gasteiger partial charge in [-0.15, -0.1) is 0 Å². The lowest BCUT2D eigenvalue weighted by atomic mass is 9.91. The van der Waals surface area contributed by atoms with Crippen LogP contribution in [0.5, 0.6) is 0 Å². The molecule has 2 aromatic heterocycles. The maximum Gasteiger partial charge on any atom is 0.0769 e. The summed E-state index contributed by atoms with van der Waals surface area (Å²) >= 11 is 0. The van der Waals surface area contributed by atoms with Gasteiger partial charge in [-0.1, -0.05) is 18.2 Å². The molecule has 0 aliphatic heterocycles. The van der Waals surface area contributed by atoms with Crippen LogP contribution in [0.25, 0.3) is 10.9 Å². The molecule has 0 radical (unpaired) electrons. The van der Waals surface area contributed by atoms with E-state index in [1.807, 2.05) is 12.1 Å². The van der Waals surface area contributed by atoms with Gasteiger partial charge in [0.1, 0.15) is 0 Å². The number of rotatable bonds is 3. The highest BCUT2D eigenvalue weighted by molar-refractivity contribution is 5.85. The third kappa shape index (κ3) is 2.32. The van der Waals surface area contributed by atoms with Gasteiger partial charge < -0.3 is 10.3 Å². The van der Waals surface area contributed by atoms with Crippen molar-refractivity contribution >= 4 is 10.9 Å². The summed E-state index contributed by atoms with van der Waals surface area (Å²) < 4.78 is 0. The van der Waals surface area contributed by atoms with Crippen LogP contribution in [0.4, 0.5) is 0 Å². The van der Waals surface area contributed by atoms with Gasteiger partial charge in [-0.05, 0) is 43.0 Å². The number of nitrogens with zero attached hydrogens (tertiary/aromatic N) is 2. The summed E-state index contributed by atoms with van der Waals surface area (Å²) in [5.41, 5.74) is 5.07. The lowest BCUT2D eigenvalue weighted by molar-refractivity contribution is 0.448. The SMILES string of the molecule is c1cnnc(CNC2CCCc3c2[nH]c2ccccc32)c1. The summed E-state index contributed by atoms with van der Waals surface area (Å²) in [5, 5.41) is 13.1. The average molecular weight is 278 g/mol. The highest BCUT2D eigenvalue weighted by Crippen LogP contribution is 2.34. The second kappa shape index (κ2) is 5.30. The van der Waals surface area contributed by atoms with Crippen molar-refractivity contribution in [3.05, 3.63) is 59.5 Å². The number of fused-ring (bicyclic) bond motifs is 3. The molecule has 2 heterocycles. The number of aromatic amines is 1. The third-order valence-electron chi connectivity index (χ3n) is 4.27. The molecular formula is C17H18N4. The number of aryl methyl sites for hydroxylation is 1. The largest absolute Gasteiger partial charge is 0.357 e. The van der Waals surface area contributed by atoms with Crippen LogP contribution in [-0.4, -0.2) is 15.2 Å². The number of H-pyrrole nitrogens is 1. The van der Waals surface area contributed by atoms with E-state index in [1.165, 1.54) is 41.4 Å². The van der Waals surface area contributed by atoms with Gasteiger partial charge in [-0.2, -0.15) is 10.2 Å². The average Bonchev–Trinajstić information content (AvgIpc) is 2.93. The Hall–Kier alpha value is -2.20. The van der Waals surface area contributed by atoms with Gasteiger partial charge in [0.2, 0.25) is 0 Å². The van der Waals surface area contributed by atoms with Crippen molar-refractivity contribution in [2.24, 2.45) is 0 Å². The maximum atomic E-state index is 4.14. The molecule has 2 N–H and O–H groups in total. The van der Waals surface area contributed by atoms with E-state index >= 15 is 0 Å². The minimum absolute atomic E-state index is 0.378. The van der Waals surface area contributed by atoms with Gasteiger partial charge in [0.15, 0.2) is 0 Å². The maximum absolute atomic E-state index is 4.14. The Morgan fingerprint density at radius 1 is 1.19 bits per heavy atom. The molecule has 21 heavy (non-hydrogen) atoms. The Labute approximate surface area is 123 Å². The van der Waals surface area contributed by atoms with Gasteiger partial charge in [-0.3, -0.25) is 0 Å². The monoisotopic (exact) mass is 278 g/mol. The molecule has 0 amide bonds. The fraction of sp³-hybridized carbons (Fsp3) is 0.294. The van der Waals surface area contributed by atoms with E-state index in [1.54, 1.807) is 6.20 Å². The number of aromatic nitrogens is 3. The van der Waals surface area contributed by atoms with E-state index in [9.17, 15) is 0 Å². The van der Waals surface area contributed by atoms with E-state index in [0.29, 0.717) is 6.04 Å². The van der Waals surface area contributed by atoms with Crippen LogP contribution >= 0.6 is 0 Å². The van der Waals surface area contributed by atoms with Crippen molar-refractivity contribution in [1.29, 1.82) is 0 Å². The standard InChI is InChI=1S/C17H18N4/c1-2-8-15-13(6-1)14-7-3-9-16(17(14)20-15)18-11-12-5-4-10-19-21-12/h1-2,4-6,8,10,16,18,20H,3,7,9,11H2. The van der Waals surface area contributed by atoms with Crippen molar-refractivity contribution in [3.8, 4) is 0 Å². The van der Waals surface area contributed by atoms with Crippen molar-refractivity contribution in [3.63, 3.8) is 0 Å². The topological polar surface area (TPSA) is 53.6 Å². The first-order valence-electron chi connectivity index (χ1n) is 7.51. The minimum Gasteiger partial charge on any atom is -0.357 e.